The third kappa shape index (κ3) is 5.09. The summed E-state index contributed by atoms with van der Waals surface area (Å²) >= 11 is 11.9. The second kappa shape index (κ2) is 8.87. The van der Waals surface area contributed by atoms with Gasteiger partial charge in [0.1, 0.15) is 0 Å². The van der Waals surface area contributed by atoms with Crippen LogP contribution in [0.3, 0.4) is 0 Å². The van der Waals surface area contributed by atoms with Crippen molar-refractivity contribution in [2.45, 2.75) is 12.5 Å². The number of hydrogen-bond donors (Lipinski definition) is 1. The number of carbonyl (C=O) groups is 1. The van der Waals surface area contributed by atoms with E-state index in [2.05, 4.69) is 5.32 Å². The second-order valence-electron chi connectivity index (χ2n) is 6.19. The Morgan fingerprint density at radius 3 is 1.96 bits per heavy atom. The fourth-order valence-electron chi connectivity index (χ4n) is 2.77. The van der Waals surface area contributed by atoms with E-state index in [1.807, 2.05) is 12.1 Å². The van der Waals surface area contributed by atoms with Gasteiger partial charge in [0, 0.05) is 39.8 Å². The van der Waals surface area contributed by atoms with Crippen LogP contribution in [0.5, 0.6) is 0 Å². The summed E-state index contributed by atoms with van der Waals surface area (Å²) in [7, 11) is 0. The minimum Gasteiger partial charge on any atom is -0.378 e. The number of rotatable bonds is 7. The lowest BCUT2D eigenvalue weighted by atomic mass is 9.97. The Hall–Kier alpha value is -2.89. The zero-order valence-corrected chi connectivity index (χ0v) is 16.2. The van der Waals surface area contributed by atoms with E-state index in [-0.39, 0.29) is 23.9 Å². The van der Waals surface area contributed by atoms with Gasteiger partial charge >= 0.3 is 0 Å². The van der Waals surface area contributed by atoms with Crippen molar-refractivity contribution in [1.82, 2.24) is 0 Å². The van der Waals surface area contributed by atoms with Crippen molar-refractivity contribution in [2.24, 2.45) is 0 Å². The number of nitro groups is 1. The maximum absolute atomic E-state index is 12.7. The van der Waals surface area contributed by atoms with Gasteiger partial charge in [-0.25, -0.2) is 0 Å². The number of nitrogens with zero attached hydrogens (tertiary/aromatic N) is 1. The molecular formula is C21H16Cl2N2O3. The van der Waals surface area contributed by atoms with Crippen LogP contribution in [-0.4, -0.2) is 10.7 Å². The highest BCUT2D eigenvalue weighted by Gasteiger charge is 2.18. The van der Waals surface area contributed by atoms with E-state index in [9.17, 15) is 14.9 Å². The van der Waals surface area contributed by atoms with Crippen LogP contribution in [0.2, 0.25) is 10.0 Å². The number of anilines is 1. The Balaban J connectivity index is 1.84. The van der Waals surface area contributed by atoms with Crippen LogP contribution in [0, 0.1) is 10.1 Å². The molecule has 0 aliphatic heterocycles. The molecule has 1 unspecified atom stereocenters. The van der Waals surface area contributed by atoms with Crippen molar-refractivity contribution in [3.05, 3.63) is 104 Å². The zero-order chi connectivity index (χ0) is 20.1. The monoisotopic (exact) mass is 414 g/mol. The number of hydrogen-bond acceptors (Lipinski definition) is 4. The van der Waals surface area contributed by atoms with Crippen LogP contribution in [0.15, 0.2) is 72.8 Å². The Labute approximate surface area is 172 Å². The highest BCUT2D eigenvalue weighted by molar-refractivity contribution is 6.30. The van der Waals surface area contributed by atoms with E-state index >= 15 is 0 Å². The molecule has 0 saturated heterocycles. The molecule has 0 amide bonds. The van der Waals surface area contributed by atoms with E-state index in [4.69, 9.17) is 23.2 Å². The van der Waals surface area contributed by atoms with Gasteiger partial charge in [-0.05, 0) is 54.1 Å². The van der Waals surface area contributed by atoms with Gasteiger partial charge in [-0.1, -0.05) is 35.3 Å². The van der Waals surface area contributed by atoms with Crippen molar-refractivity contribution >= 4 is 40.4 Å². The molecular weight excluding hydrogens is 399 g/mol. The summed E-state index contributed by atoms with van der Waals surface area (Å²) in [5.41, 5.74) is 2.12. The van der Waals surface area contributed by atoms with Gasteiger partial charge < -0.3 is 5.32 Å². The summed E-state index contributed by atoms with van der Waals surface area (Å²) in [4.78, 5) is 23.1. The summed E-state index contributed by atoms with van der Waals surface area (Å²) in [6, 6.07) is 19.7. The van der Waals surface area contributed by atoms with Gasteiger partial charge in [0.05, 0.1) is 11.0 Å². The highest BCUT2D eigenvalue weighted by Crippen LogP contribution is 2.27. The van der Waals surface area contributed by atoms with Crippen molar-refractivity contribution in [3.8, 4) is 0 Å². The quantitative estimate of drug-likeness (QED) is 0.278. The molecule has 0 fully saturated rings. The summed E-state index contributed by atoms with van der Waals surface area (Å²) in [5.74, 6) is -0.0500. The van der Waals surface area contributed by atoms with Crippen LogP contribution < -0.4 is 5.32 Å². The lowest BCUT2D eigenvalue weighted by Crippen LogP contribution is -2.16. The second-order valence-corrected chi connectivity index (χ2v) is 7.06. The molecule has 0 aromatic heterocycles. The molecule has 0 heterocycles. The molecule has 142 valence electrons. The fraction of sp³-hybridized carbons (Fsp3) is 0.0952. The van der Waals surface area contributed by atoms with Crippen molar-refractivity contribution in [1.29, 1.82) is 0 Å². The Morgan fingerprint density at radius 1 is 0.893 bits per heavy atom. The molecule has 1 N–H and O–H groups in total. The van der Waals surface area contributed by atoms with Gasteiger partial charge in [0.25, 0.3) is 5.69 Å². The first kappa shape index (κ1) is 19.9. The first-order valence-corrected chi connectivity index (χ1v) is 9.23. The summed E-state index contributed by atoms with van der Waals surface area (Å²) in [6.07, 6.45) is 0.195. The molecule has 3 aromatic carbocycles. The standard InChI is InChI=1S/C21H16Cl2N2O3/c22-16-5-1-14(2-6-16)20(13-21(26)15-3-7-17(23)8-4-15)24-18-9-11-19(12-10-18)25(27)28/h1-12,20,24H,13H2. The van der Waals surface area contributed by atoms with Gasteiger partial charge in [-0.3, -0.25) is 14.9 Å². The number of nitrogens with one attached hydrogen (secondary N) is 1. The lowest BCUT2D eigenvalue weighted by Gasteiger charge is -2.20. The van der Waals surface area contributed by atoms with Gasteiger partial charge in [0.15, 0.2) is 5.78 Å². The normalized spacial score (nSPS) is 11.6. The number of benzene rings is 3. The molecule has 3 rings (SSSR count). The topological polar surface area (TPSA) is 72.2 Å². The Bertz CT molecular complexity index is 972. The summed E-state index contributed by atoms with van der Waals surface area (Å²) in [5, 5.41) is 15.3. The number of Topliss-reactive ketones (excluding diaryl/α,β-unsaturated/α-hetero) is 1. The van der Waals surface area contributed by atoms with Crippen molar-refractivity contribution in [3.63, 3.8) is 0 Å². The zero-order valence-electron chi connectivity index (χ0n) is 14.6. The minimum absolute atomic E-state index is 0.00540. The maximum atomic E-state index is 12.7. The predicted molar refractivity (Wildman–Crippen MR) is 111 cm³/mol. The molecule has 0 saturated carbocycles. The third-order valence-electron chi connectivity index (χ3n) is 4.25. The van der Waals surface area contributed by atoms with Crippen molar-refractivity contribution < 1.29 is 9.72 Å². The highest BCUT2D eigenvalue weighted by atomic mass is 35.5. The Kier molecular flexibility index (Phi) is 6.29. The van der Waals surface area contributed by atoms with Gasteiger partial charge in [-0.2, -0.15) is 0 Å². The first-order valence-electron chi connectivity index (χ1n) is 8.47. The maximum Gasteiger partial charge on any atom is 0.269 e. The van der Waals surface area contributed by atoms with Crippen LogP contribution in [-0.2, 0) is 0 Å². The summed E-state index contributed by atoms with van der Waals surface area (Å²) in [6.45, 7) is 0. The predicted octanol–water partition coefficient (Wildman–Crippen LogP) is 6.33. The average molecular weight is 415 g/mol. The van der Waals surface area contributed by atoms with E-state index in [1.165, 1.54) is 12.1 Å². The van der Waals surface area contributed by atoms with Gasteiger partial charge in [-0.15, -0.1) is 0 Å². The molecule has 0 aliphatic rings. The molecule has 0 aliphatic carbocycles. The van der Waals surface area contributed by atoms with E-state index < -0.39 is 4.92 Å². The number of nitro benzene ring substituents is 1. The number of halogens is 2. The fourth-order valence-corrected chi connectivity index (χ4v) is 3.02. The van der Waals surface area contributed by atoms with Crippen LogP contribution >= 0.6 is 23.2 Å². The molecule has 5 nitrogen and oxygen atoms in total. The minimum atomic E-state index is -0.454. The van der Waals surface area contributed by atoms with Crippen LogP contribution in [0.4, 0.5) is 11.4 Å². The van der Waals surface area contributed by atoms with E-state index in [1.54, 1.807) is 48.5 Å². The number of carbonyl (C=O) groups excluding carboxylic acids is 1. The number of non-ortho nitro benzene ring substituents is 1. The SMILES string of the molecule is O=C(CC(Nc1ccc([N+](=O)[O-])cc1)c1ccc(Cl)cc1)c1ccc(Cl)cc1. The van der Waals surface area contributed by atoms with Gasteiger partial charge in [0.2, 0.25) is 0 Å². The molecule has 28 heavy (non-hydrogen) atoms. The van der Waals surface area contributed by atoms with Crippen LogP contribution in [0.1, 0.15) is 28.4 Å². The molecule has 3 aromatic rings. The first-order chi connectivity index (χ1) is 13.4. The largest absolute Gasteiger partial charge is 0.378 e. The molecule has 1 atom stereocenters. The number of ketones is 1. The van der Waals surface area contributed by atoms with E-state index in [0.29, 0.717) is 21.3 Å². The molecule has 0 radical (unpaired) electrons. The lowest BCUT2D eigenvalue weighted by molar-refractivity contribution is -0.384. The molecule has 0 bridgehead atoms. The molecule has 7 heteroatoms. The molecule has 0 spiro atoms. The smallest absolute Gasteiger partial charge is 0.269 e. The summed E-state index contributed by atoms with van der Waals surface area (Å²) < 4.78 is 0. The average Bonchev–Trinajstić information content (AvgIpc) is 2.69. The van der Waals surface area contributed by atoms with Crippen molar-refractivity contribution in [2.75, 3.05) is 5.32 Å². The third-order valence-corrected chi connectivity index (χ3v) is 4.75. The van der Waals surface area contributed by atoms with Crippen LogP contribution in [0.25, 0.3) is 0 Å². The Morgan fingerprint density at radius 2 is 1.43 bits per heavy atom. The van der Waals surface area contributed by atoms with E-state index in [0.717, 1.165) is 5.56 Å².